The zero-order valence-corrected chi connectivity index (χ0v) is 18.9. The van der Waals surface area contributed by atoms with Crippen molar-refractivity contribution in [3.05, 3.63) is 42.0 Å². The van der Waals surface area contributed by atoms with Crippen molar-refractivity contribution < 1.29 is 4.74 Å². The van der Waals surface area contributed by atoms with Crippen molar-refractivity contribution in [2.45, 2.75) is 52.7 Å². The quantitative estimate of drug-likeness (QED) is 0.324. The fourth-order valence-electron chi connectivity index (χ4n) is 2.42. The van der Waals surface area contributed by atoms with Crippen LogP contribution < -0.4 is 15.4 Å². The highest BCUT2D eigenvalue weighted by atomic mass is 127. The van der Waals surface area contributed by atoms with Crippen LogP contribution >= 0.6 is 24.0 Å². The fraction of sp³-hybridized carbons (Fsp3) is 0.526. The molecule has 0 radical (unpaired) electrons. The van der Waals surface area contributed by atoms with E-state index >= 15 is 0 Å². The first kappa shape index (κ1) is 23.2. The van der Waals surface area contributed by atoms with Crippen molar-refractivity contribution in [3.63, 3.8) is 0 Å². The second-order valence-corrected chi connectivity index (χ2v) is 6.19. The summed E-state index contributed by atoms with van der Waals surface area (Å²) in [5.74, 6) is 2.68. The van der Waals surface area contributed by atoms with Gasteiger partial charge in [0.05, 0.1) is 13.7 Å². The zero-order chi connectivity index (χ0) is 18.8. The van der Waals surface area contributed by atoms with E-state index in [1.807, 2.05) is 24.3 Å². The Hall–Kier alpha value is -1.84. The molecule has 7 nitrogen and oxygen atoms in total. The van der Waals surface area contributed by atoms with Crippen LogP contribution in [0.25, 0.3) is 0 Å². The highest BCUT2D eigenvalue weighted by molar-refractivity contribution is 14.0. The molecule has 0 saturated carbocycles. The van der Waals surface area contributed by atoms with Crippen molar-refractivity contribution in [1.82, 2.24) is 25.4 Å². The van der Waals surface area contributed by atoms with Gasteiger partial charge in [-0.1, -0.05) is 26.0 Å². The lowest BCUT2D eigenvalue weighted by atomic mass is 10.2. The molecular formula is C19H31IN6O. The van der Waals surface area contributed by atoms with Gasteiger partial charge in [0, 0.05) is 25.6 Å². The molecule has 0 saturated heterocycles. The van der Waals surface area contributed by atoms with E-state index in [0.29, 0.717) is 12.6 Å². The van der Waals surface area contributed by atoms with Crippen molar-refractivity contribution in [2.24, 2.45) is 4.99 Å². The Balaban J connectivity index is 0.00000364. The summed E-state index contributed by atoms with van der Waals surface area (Å²) in [5.41, 5.74) is 1.14. The number of ether oxygens (including phenoxy) is 1. The Bertz CT molecular complexity index is 686. The number of aromatic nitrogens is 3. The van der Waals surface area contributed by atoms with Gasteiger partial charge in [-0.15, -0.1) is 34.2 Å². The zero-order valence-electron chi connectivity index (χ0n) is 16.6. The van der Waals surface area contributed by atoms with E-state index in [1.165, 1.54) is 0 Å². The molecule has 0 bridgehead atoms. The molecule has 1 heterocycles. The van der Waals surface area contributed by atoms with E-state index < -0.39 is 0 Å². The summed E-state index contributed by atoms with van der Waals surface area (Å²) in [5, 5.41) is 14.9. The van der Waals surface area contributed by atoms with Crippen LogP contribution in [0.3, 0.4) is 0 Å². The first-order chi connectivity index (χ1) is 12.7. The molecule has 150 valence electrons. The maximum absolute atomic E-state index is 5.20. The molecule has 8 heteroatoms. The van der Waals surface area contributed by atoms with Crippen molar-refractivity contribution in [1.29, 1.82) is 0 Å². The molecule has 0 fully saturated rings. The monoisotopic (exact) mass is 486 g/mol. The van der Waals surface area contributed by atoms with Crippen LogP contribution in [0.1, 0.15) is 38.6 Å². The topological polar surface area (TPSA) is 76.4 Å². The molecule has 0 aliphatic rings. The summed E-state index contributed by atoms with van der Waals surface area (Å²) in [7, 11) is 1.67. The van der Waals surface area contributed by atoms with Crippen LogP contribution in [0.2, 0.25) is 0 Å². The third-order valence-electron chi connectivity index (χ3n) is 4.23. The summed E-state index contributed by atoms with van der Waals surface area (Å²) >= 11 is 0. The Labute approximate surface area is 179 Å². The molecule has 1 unspecified atom stereocenters. The highest BCUT2D eigenvalue weighted by Gasteiger charge is 2.05. The molecule has 0 aliphatic carbocycles. The van der Waals surface area contributed by atoms with Crippen LogP contribution in [-0.2, 0) is 19.5 Å². The van der Waals surface area contributed by atoms with Crippen LogP contribution in [0.4, 0.5) is 0 Å². The molecule has 1 aromatic heterocycles. The summed E-state index contributed by atoms with van der Waals surface area (Å²) in [6.45, 7) is 8.57. The van der Waals surface area contributed by atoms with Gasteiger partial charge in [-0.2, -0.15) is 0 Å². The van der Waals surface area contributed by atoms with E-state index in [-0.39, 0.29) is 24.0 Å². The Morgan fingerprint density at radius 1 is 1.26 bits per heavy atom. The fourth-order valence-corrected chi connectivity index (χ4v) is 2.42. The summed E-state index contributed by atoms with van der Waals surface area (Å²) in [6, 6.07) is 8.34. The number of hydrogen-bond donors (Lipinski definition) is 2. The van der Waals surface area contributed by atoms with Gasteiger partial charge >= 0.3 is 0 Å². The van der Waals surface area contributed by atoms with E-state index in [9.17, 15) is 0 Å². The van der Waals surface area contributed by atoms with Gasteiger partial charge in [0.1, 0.15) is 17.9 Å². The second-order valence-electron chi connectivity index (χ2n) is 6.19. The minimum Gasteiger partial charge on any atom is -0.497 e. The van der Waals surface area contributed by atoms with Crippen LogP contribution in [0, 0.1) is 0 Å². The number of halogens is 1. The minimum atomic E-state index is 0. The molecule has 0 spiro atoms. The molecule has 27 heavy (non-hydrogen) atoms. The first-order valence-electron chi connectivity index (χ1n) is 9.20. The van der Waals surface area contributed by atoms with E-state index in [2.05, 4.69) is 46.2 Å². The van der Waals surface area contributed by atoms with Crippen molar-refractivity contribution >= 4 is 29.9 Å². The number of hydrogen-bond acceptors (Lipinski definition) is 4. The Kier molecular flexibility index (Phi) is 10.8. The molecule has 0 aliphatic heterocycles. The van der Waals surface area contributed by atoms with E-state index in [4.69, 9.17) is 9.73 Å². The Morgan fingerprint density at radius 3 is 2.63 bits per heavy atom. The van der Waals surface area contributed by atoms with Gasteiger partial charge in [0.2, 0.25) is 0 Å². The number of guanidine groups is 1. The third-order valence-corrected chi connectivity index (χ3v) is 4.23. The number of rotatable bonds is 9. The predicted octanol–water partition coefficient (Wildman–Crippen LogP) is 3.00. The van der Waals surface area contributed by atoms with Gasteiger partial charge in [0.15, 0.2) is 5.96 Å². The van der Waals surface area contributed by atoms with Crippen LogP contribution in [0.15, 0.2) is 35.6 Å². The molecule has 2 N–H and O–H groups in total. The number of nitrogens with one attached hydrogen (secondary N) is 2. The smallest absolute Gasteiger partial charge is 0.191 e. The lowest BCUT2D eigenvalue weighted by Crippen LogP contribution is -2.43. The standard InChI is InChI=1S/C19H30N6O.HI/c1-5-15(3)23-19(20-11-12-25-14-22-24-18(25)6-2)21-13-16-7-9-17(26-4)10-8-16;/h7-10,14-15H,5-6,11-13H2,1-4H3,(H2,20,21,23);1H. The normalized spacial score (nSPS) is 12.2. The average molecular weight is 486 g/mol. The SMILES string of the molecule is CCc1nncn1CCNC(=NCc1ccc(OC)cc1)NC(C)CC.I. The summed E-state index contributed by atoms with van der Waals surface area (Å²) in [6.07, 6.45) is 3.69. The summed E-state index contributed by atoms with van der Waals surface area (Å²) in [4.78, 5) is 4.71. The molecule has 1 aromatic carbocycles. The van der Waals surface area contributed by atoms with Crippen molar-refractivity contribution in [3.8, 4) is 5.75 Å². The van der Waals surface area contributed by atoms with Gasteiger partial charge in [-0.3, -0.25) is 0 Å². The molecule has 1 atom stereocenters. The molecule has 0 amide bonds. The Morgan fingerprint density at radius 2 is 2.00 bits per heavy atom. The first-order valence-corrected chi connectivity index (χ1v) is 9.20. The highest BCUT2D eigenvalue weighted by Crippen LogP contribution is 2.11. The number of methoxy groups -OCH3 is 1. The lowest BCUT2D eigenvalue weighted by Gasteiger charge is -2.17. The summed E-state index contributed by atoms with van der Waals surface area (Å²) < 4.78 is 7.26. The molecular weight excluding hydrogens is 455 g/mol. The van der Waals surface area contributed by atoms with Gasteiger partial charge in [0.25, 0.3) is 0 Å². The molecule has 2 aromatic rings. The van der Waals surface area contributed by atoms with Crippen molar-refractivity contribution in [2.75, 3.05) is 13.7 Å². The van der Waals surface area contributed by atoms with E-state index in [1.54, 1.807) is 13.4 Å². The van der Waals surface area contributed by atoms with Crippen LogP contribution in [-0.4, -0.2) is 40.4 Å². The number of aryl methyl sites for hydroxylation is 1. The maximum Gasteiger partial charge on any atom is 0.191 e. The largest absolute Gasteiger partial charge is 0.497 e. The second kappa shape index (κ2) is 12.5. The average Bonchev–Trinajstić information content (AvgIpc) is 3.13. The predicted molar refractivity (Wildman–Crippen MR) is 120 cm³/mol. The van der Waals surface area contributed by atoms with Gasteiger partial charge in [-0.05, 0) is 31.0 Å². The lowest BCUT2D eigenvalue weighted by molar-refractivity contribution is 0.414. The van der Waals surface area contributed by atoms with Crippen LogP contribution in [0.5, 0.6) is 5.75 Å². The van der Waals surface area contributed by atoms with Gasteiger partial charge < -0.3 is 19.9 Å². The maximum atomic E-state index is 5.20. The van der Waals surface area contributed by atoms with E-state index in [0.717, 1.165) is 49.0 Å². The minimum absolute atomic E-state index is 0. The number of benzene rings is 1. The van der Waals surface area contributed by atoms with Gasteiger partial charge in [-0.25, -0.2) is 4.99 Å². The number of aliphatic imine (C=N–C) groups is 1. The molecule has 2 rings (SSSR count). The third kappa shape index (κ3) is 7.74. The number of nitrogens with zero attached hydrogens (tertiary/aromatic N) is 4.